The van der Waals surface area contributed by atoms with Crippen molar-refractivity contribution in [2.75, 3.05) is 53.2 Å². The maximum absolute atomic E-state index is 11.9. The molecule has 0 spiro atoms. The topological polar surface area (TPSA) is 60.0 Å². The van der Waals surface area contributed by atoms with Gasteiger partial charge in [0.1, 0.15) is 6.10 Å². The van der Waals surface area contributed by atoms with Crippen LogP contribution in [0, 0.1) is 0 Å². The van der Waals surface area contributed by atoms with Crippen LogP contribution < -0.4 is 5.32 Å². The largest absolute Gasteiger partial charge is 0.386 e. The zero-order valence-electron chi connectivity index (χ0n) is 10.0. The second kappa shape index (κ2) is 12.1. The van der Waals surface area contributed by atoms with Crippen LogP contribution in [0.1, 0.15) is 0 Å². The first-order chi connectivity index (χ1) is 8.18. The van der Waals surface area contributed by atoms with Gasteiger partial charge < -0.3 is 24.6 Å². The molecule has 0 aliphatic rings. The summed E-state index contributed by atoms with van der Waals surface area (Å²) >= 11 is 0. The van der Waals surface area contributed by atoms with Crippen LogP contribution in [0.4, 0.5) is 8.78 Å². The number of ether oxygens (including phenoxy) is 3. The highest BCUT2D eigenvalue weighted by Crippen LogP contribution is 1.97. The molecule has 17 heavy (non-hydrogen) atoms. The van der Waals surface area contributed by atoms with Crippen molar-refractivity contribution < 1.29 is 28.1 Å². The van der Waals surface area contributed by atoms with Crippen molar-refractivity contribution >= 4 is 0 Å². The van der Waals surface area contributed by atoms with Crippen molar-refractivity contribution in [2.24, 2.45) is 0 Å². The predicted molar refractivity (Wildman–Crippen MR) is 58.4 cm³/mol. The van der Waals surface area contributed by atoms with Gasteiger partial charge in [-0.2, -0.15) is 0 Å². The minimum Gasteiger partial charge on any atom is -0.386 e. The molecule has 0 aromatic rings. The zero-order valence-corrected chi connectivity index (χ0v) is 10.0. The Balaban J connectivity index is 3.03. The quantitative estimate of drug-likeness (QED) is 0.477. The van der Waals surface area contributed by atoms with Crippen molar-refractivity contribution in [3.63, 3.8) is 0 Å². The highest BCUT2D eigenvalue weighted by Gasteiger charge is 2.15. The van der Waals surface area contributed by atoms with Crippen LogP contribution in [0.5, 0.6) is 0 Å². The molecule has 0 saturated carbocycles. The number of hydrogen-bond acceptors (Lipinski definition) is 5. The summed E-state index contributed by atoms with van der Waals surface area (Å²) in [5.74, 6) is 0. The Morgan fingerprint density at radius 3 is 2.24 bits per heavy atom. The molecule has 0 aliphatic carbocycles. The summed E-state index contributed by atoms with van der Waals surface area (Å²) in [6.45, 7) is 2.67. The molecule has 7 heteroatoms. The minimum atomic E-state index is -2.71. The molecular weight excluding hydrogens is 236 g/mol. The summed E-state index contributed by atoms with van der Waals surface area (Å²) in [7, 11) is 1.60. The van der Waals surface area contributed by atoms with Gasteiger partial charge in [0, 0.05) is 20.2 Å². The van der Waals surface area contributed by atoms with Crippen molar-refractivity contribution in [2.45, 2.75) is 12.5 Å². The van der Waals surface area contributed by atoms with Crippen molar-refractivity contribution in [1.29, 1.82) is 0 Å². The van der Waals surface area contributed by atoms with E-state index >= 15 is 0 Å². The van der Waals surface area contributed by atoms with Crippen LogP contribution in [0.2, 0.25) is 0 Å². The van der Waals surface area contributed by atoms with Crippen LogP contribution in [0.15, 0.2) is 0 Å². The lowest BCUT2D eigenvalue weighted by Gasteiger charge is -2.10. The molecule has 0 saturated heterocycles. The smallest absolute Gasteiger partial charge is 0.265 e. The predicted octanol–water partition coefficient (Wildman–Crippen LogP) is -0.118. The Hall–Kier alpha value is -0.340. The molecule has 0 fully saturated rings. The number of aliphatic hydroxyl groups is 1. The summed E-state index contributed by atoms with van der Waals surface area (Å²) in [5.41, 5.74) is 0. The number of halogens is 2. The van der Waals surface area contributed by atoms with E-state index in [-0.39, 0.29) is 6.54 Å². The van der Waals surface area contributed by atoms with Crippen LogP contribution >= 0.6 is 0 Å². The first-order valence-electron chi connectivity index (χ1n) is 5.49. The number of alkyl halides is 2. The normalized spacial score (nSPS) is 13.2. The van der Waals surface area contributed by atoms with E-state index in [0.717, 1.165) is 0 Å². The van der Waals surface area contributed by atoms with E-state index in [0.29, 0.717) is 39.6 Å². The average molecular weight is 257 g/mol. The molecule has 104 valence electrons. The molecule has 0 rings (SSSR count). The van der Waals surface area contributed by atoms with E-state index in [1.54, 1.807) is 7.11 Å². The van der Waals surface area contributed by atoms with Gasteiger partial charge in [-0.15, -0.1) is 0 Å². The summed E-state index contributed by atoms with van der Waals surface area (Å²) in [4.78, 5) is 0. The summed E-state index contributed by atoms with van der Waals surface area (Å²) in [6.07, 6.45) is -4.33. The van der Waals surface area contributed by atoms with E-state index in [1.165, 1.54) is 0 Å². The van der Waals surface area contributed by atoms with Gasteiger partial charge in [-0.1, -0.05) is 0 Å². The van der Waals surface area contributed by atoms with Gasteiger partial charge in [0.2, 0.25) is 0 Å². The second-order valence-corrected chi connectivity index (χ2v) is 3.32. The van der Waals surface area contributed by atoms with Crippen molar-refractivity contribution in [3.8, 4) is 0 Å². The number of nitrogens with one attached hydrogen (secondary N) is 1. The Labute approximate surface area is 100 Å². The van der Waals surface area contributed by atoms with Crippen LogP contribution in [0.3, 0.4) is 0 Å². The molecule has 0 aliphatic heterocycles. The number of rotatable bonds is 12. The van der Waals surface area contributed by atoms with Gasteiger partial charge in [-0.3, -0.25) is 0 Å². The van der Waals surface area contributed by atoms with Gasteiger partial charge in [0.25, 0.3) is 6.43 Å². The fourth-order valence-electron chi connectivity index (χ4n) is 0.948. The second-order valence-electron chi connectivity index (χ2n) is 3.32. The molecule has 1 unspecified atom stereocenters. The molecular formula is C10H21F2NO4. The maximum atomic E-state index is 11.9. The fourth-order valence-corrected chi connectivity index (χ4v) is 0.948. The third-order valence-corrected chi connectivity index (χ3v) is 1.87. The van der Waals surface area contributed by atoms with E-state index < -0.39 is 12.5 Å². The molecule has 1 atom stereocenters. The van der Waals surface area contributed by atoms with Crippen molar-refractivity contribution in [1.82, 2.24) is 5.32 Å². The van der Waals surface area contributed by atoms with E-state index in [1.807, 2.05) is 0 Å². The van der Waals surface area contributed by atoms with Gasteiger partial charge >= 0.3 is 0 Å². The Morgan fingerprint density at radius 2 is 1.65 bits per heavy atom. The SMILES string of the molecule is COCCOCCOCCNCC(O)C(F)F. The molecule has 2 N–H and O–H groups in total. The Morgan fingerprint density at radius 1 is 1.06 bits per heavy atom. The summed E-state index contributed by atoms with van der Waals surface area (Å²) < 4.78 is 38.8. The van der Waals surface area contributed by atoms with Crippen molar-refractivity contribution in [3.05, 3.63) is 0 Å². The monoisotopic (exact) mass is 257 g/mol. The number of methoxy groups -OCH3 is 1. The first kappa shape index (κ1) is 16.7. The lowest BCUT2D eigenvalue weighted by atomic mass is 10.4. The highest BCUT2D eigenvalue weighted by molar-refractivity contribution is 4.60. The molecule has 0 amide bonds. The third kappa shape index (κ3) is 11.9. The first-order valence-corrected chi connectivity index (χ1v) is 5.49. The molecule has 0 heterocycles. The van der Waals surface area contributed by atoms with Gasteiger partial charge in [-0.25, -0.2) is 8.78 Å². The van der Waals surface area contributed by atoms with Gasteiger partial charge in [0.15, 0.2) is 0 Å². The van der Waals surface area contributed by atoms with Crippen LogP contribution in [-0.2, 0) is 14.2 Å². The minimum absolute atomic E-state index is 0.134. The van der Waals surface area contributed by atoms with Crippen LogP contribution in [-0.4, -0.2) is 70.9 Å². The molecule has 0 aromatic heterocycles. The molecule has 5 nitrogen and oxygen atoms in total. The number of hydrogen-bond donors (Lipinski definition) is 2. The van der Waals surface area contributed by atoms with Gasteiger partial charge in [0.05, 0.1) is 33.0 Å². The Kier molecular flexibility index (Phi) is 11.9. The lowest BCUT2D eigenvalue weighted by molar-refractivity contribution is -0.00521. The Bertz CT molecular complexity index is 163. The zero-order chi connectivity index (χ0) is 12.9. The van der Waals surface area contributed by atoms with E-state index in [4.69, 9.17) is 19.3 Å². The van der Waals surface area contributed by atoms with Gasteiger partial charge in [-0.05, 0) is 0 Å². The third-order valence-electron chi connectivity index (χ3n) is 1.87. The maximum Gasteiger partial charge on any atom is 0.265 e. The molecule has 0 bridgehead atoms. The standard InChI is InChI=1S/C10H21F2NO4/c1-15-4-5-17-7-6-16-3-2-13-8-9(14)10(11)12/h9-10,13-14H,2-8H2,1H3. The van der Waals surface area contributed by atoms with E-state index in [9.17, 15) is 8.78 Å². The highest BCUT2D eigenvalue weighted by atomic mass is 19.3. The summed E-state index contributed by atoms with van der Waals surface area (Å²) in [6, 6.07) is 0. The molecule has 0 aromatic carbocycles. The fraction of sp³-hybridized carbons (Fsp3) is 1.00. The van der Waals surface area contributed by atoms with E-state index in [2.05, 4.69) is 5.32 Å². The van der Waals surface area contributed by atoms with Crippen LogP contribution in [0.25, 0.3) is 0 Å². The number of aliphatic hydroxyl groups excluding tert-OH is 1. The summed E-state index contributed by atoms with van der Waals surface area (Å²) in [5, 5.41) is 11.4. The lowest BCUT2D eigenvalue weighted by Crippen LogP contribution is -2.34. The molecule has 0 radical (unpaired) electrons. The average Bonchev–Trinajstić information content (AvgIpc) is 2.31.